The molecule has 1 saturated heterocycles. The zero-order chi connectivity index (χ0) is 27.1. The number of carbonyl (C=O) groups is 1. The first-order valence-corrected chi connectivity index (χ1v) is 14.2. The van der Waals surface area contributed by atoms with Crippen molar-refractivity contribution in [3.63, 3.8) is 0 Å². The average molecular weight is 520 g/mol. The molecule has 5 atom stereocenters. The molecule has 1 fully saturated rings. The second-order valence-electron chi connectivity index (χ2n) is 11.4. The van der Waals surface area contributed by atoms with Gasteiger partial charge in [-0.25, -0.2) is 5.06 Å². The van der Waals surface area contributed by atoms with Gasteiger partial charge in [0.2, 0.25) is 0 Å². The van der Waals surface area contributed by atoms with Crippen LogP contribution < -0.4 is 5.06 Å². The number of benzene rings is 3. The Morgan fingerprint density at radius 3 is 2.13 bits per heavy atom. The maximum absolute atomic E-state index is 14.8. The highest BCUT2D eigenvalue weighted by Crippen LogP contribution is 2.48. The highest BCUT2D eigenvalue weighted by Gasteiger charge is 2.48. The topological polar surface area (TPSA) is 47.4 Å². The first-order chi connectivity index (χ1) is 19.0. The van der Waals surface area contributed by atoms with Crippen LogP contribution in [0.5, 0.6) is 0 Å². The van der Waals surface area contributed by atoms with E-state index in [-0.39, 0.29) is 18.1 Å². The van der Waals surface area contributed by atoms with E-state index in [4.69, 9.17) is 9.94 Å². The van der Waals surface area contributed by atoms with Crippen LogP contribution in [0.4, 0.5) is 5.69 Å². The van der Waals surface area contributed by atoms with Crippen molar-refractivity contribution >= 4 is 11.6 Å². The predicted molar refractivity (Wildman–Crippen MR) is 156 cm³/mol. The summed E-state index contributed by atoms with van der Waals surface area (Å²) < 4.78 is 1.74. The van der Waals surface area contributed by atoms with Gasteiger partial charge in [-0.05, 0) is 49.3 Å². The van der Waals surface area contributed by atoms with Crippen LogP contribution in [0.1, 0.15) is 80.0 Å². The average Bonchev–Trinajstić information content (AvgIpc) is 3.53. The summed E-state index contributed by atoms with van der Waals surface area (Å²) in [6.45, 7) is 8.82. The molecule has 1 aliphatic heterocycles. The summed E-state index contributed by atoms with van der Waals surface area (Å²) in [5, 5.41) is 7.10. The fourth-order valence-electron chi connectivity index (χ4n) is 6.58. The molecule has 5 nitrogen and oxygen atoms in total. The molecule has 1 aromatic heterocycles. The smallest absolute Gasteiger partial charge is 0.255 e. The van der Waals surface area contributed by atoms with E-state index in [1.807, 2.05) is 78.7 Å². The van der Waals surface area contributed by atoms with Crippen LogP contribution in [0, 0.1) is 11.8 Å². The largest absolute Gasteiger partial charge is 0.272 e. The lowest BCUT2D eigenvalue weighted by Gasteiger charge is -2.29. The van der Waals surface area contributed by atoms with Crippen molar-refractivity contribution < 1.29 is 9.63 Å². The minimum Gasteiger partial charge on any atom is -0.272 e. The molecule has 200 valence electrons. The maximum Gasteiger partial charge on any atom is 0.255 e. The van der Waals surface area contributed by atoms with Crippen LogP contribution in [0.25, 0.3) is 11.3 Å². The molecule has 3 aromatic carbocycles. The van der Waals surface area contributed by atoms with Crippen molar-refractivity contribution in [1.82, 2.24) is 9.78 Å². The van der Waals surface area contributed by atoms with Crippen molar-refractivity contribution in [2.45, 2.75) is 64.5 Å². The van der Waals surface area contributed by atoms with Gasteiger partial charge in [-0.3, -0.25) is 9.63 Å². The van der Waals surface area contributed by atoms with E-state index < -0.39 is 5.92 Å². The van der Waals surface area contributed by atoms with E-state index in [1.165, 1.54) is 5.56 Å². The van der Waals surface area contributed by atoms with Crippen LogP contribution in [-0.4, -0.2) is 21.8 Å². The first kappa shape index (κ1) is 25.6. The quantitative estimate of drug-likeness (QED) is 0.268. The zero-order valence-corrected chi connectivity index (χ0v) is 23.2. The fourth-order valence-corrected chi connectivity index (χ4v) is 6.58. The lowest BCUT2D eigenvalue weighted by molar-refractivity contribution is 0.0620. The van der Waals surface area contributed by atoms with E-state index in [0.29, 0.717) is 17.8 Å². The number of hydroxylamine groups is 1. The van der Waals surface area contributed by atoms with Crippen LogP contribution >= 0.6 is 0 Å². The number of rotatable bonds is 5. The predicted octanol–water partition coefficient (Wildman–Crippen LogP) is 8.03. The molecule has 0 amide bonds. The van der Waals surface area contributed by atoms with Crippen LogP contribution in [-0.2, 0) is 4.84 Å². The van der Waals surface area contributed by atoms with E-state index in [9.17, 15) is 4.79 Å². The minimum absolute atomic E-state index is 0.0160. The molecular formula is C34H37N3O2. The molecule has 6 rings (SSSR count). The van der Waals surface area contributed by atoms with Gasteiger partial charge >= 0.3 is 0 Å². The van der Waals surface area contributed by atoms with Gasteiger partial charge in [-0.1, -0.05) is 99.6 Å². The van der Waals surface area contributed by atoms with E-state index >= 15 is 0 Å². The van der Waals surface area contributed by atoms with E-state index in [1.54, 1.807) is 4.68 Å². The molecule has 2 aliphatic rings. The van der Waals surface area contributed by atoms with Crippen molar-refractivity contribution in [3.05, 3.63) is 108 Å². The van der Waals surface area contributed by atoms with Gasteiger partial charge in [-0.15, -0.1) is 0 Å². The summed E-state index contributed by atoms with van der Waals surface area (Å²) in [4.78, 5) is 21.3. The highest BCUT2D eigenvalue weighted by atomic mass is 16.7. The molecule has 0 spiro atoms. The lowest BCUT2D eigenvalue weighted by atomic mass is 9.75. The standard InChI is InChI=1S/C34H37N3O2/c1-22(2)28-21-20-23(3)29-31(28)35-36(32(29)25-14-8-5-9-15-25)34(38)30-24(4)39-37(27-18-12-7-13-19-27)33(30)26-16-10-6-11-17-26/h5-19,22-24,28,30,33H,20-21H2,1-4H3/t23-,24-,28+,30+,33+/m0/s1. The van der Waals surface area contributed by atoms with Gasteiger partial charge in [0.25, 0.3) is 5.91 Å². The Morgan fingerprint density at radius 2 is 1.49 bits per heavy atom. The van der Waals surface area contributed by atoms with Gasteiger partial charge in [-0.2, -0.15) is 9.78 Å². The maximum atomic E-state index is 14.8. The number of hydrogen-bond acceptors (Lipinski definition) is 4. The SMILES string of the molecule is CC(C)[C@H]1CC[C@H](C)c2c1nn(C(=O)[C@@H]1[C@H](C)ON(c3ccccc3)[C@@H]1c1ccccc1)c2-c1ccccc1. The van der Waals surface area contributed by atoms with Crippen LogP contribution in [0.2, 0.25) is 0 Å². The minimum atomic E-state index is -0.441. The summed E-state index contributed by atoms with van der Waals surface area (Å²) >= 11 is 0. The van der Waals surface area contributed by atoms with Crippen LogP contribution in [0.15, 0.2) is 91.0 Å². The van der Waals surface area contributed by atoms with Crippen LogP contribution in [0.3, 0.4) is 0 Å². The number of para-hydroxylation sites is 1. The third kappa shape index (κ3) is 4.49. The molecule has 0 bridgehead atoms. The van der Waals surface area contributed by atoms with Gasteiger partial charge < -0.3 is 0 Å². The van der Waals surface area contributed by atoms with Gasteiger partial charge in [0.15, 0.2) is 0 Å². The van der Waals surface area contributed by atoms with Crippen molar-refractivity contribution in [2.75, 3.05) is 5.06 Å². The summed E-state index contributed by atoms with van der Waals surface area (Å²) in [6, 6.07) is 30.4. The summed E-state index contributed by atoms with van der Waals surface area (Å²) in [5.41, 5.74) is 6.31. The Balaban J connectivity index is 1.52. The Hall–Kier alpha value is -3.70. The summed E-state index contributed by atoms with van der Waals surface area (Å²) in [5.74, 6) is 0.685. The molecule has 0 radical (unpaired) electrons. The summed E-state index contributed by atoms with van der Waals surface area (Å²) in [7, 11) is 0. The fraction of sp³-hybridized carbons (Fsp3) is 0.353. The van der Waals surface area contributed by atoms with Crippen molar-refractivity contribution in [2.24, 2.45) is 11.8 Å². The molecule has 4 aromatic rings. The Bertz CT molecular complexity index is 1430. The third-order valence-corrected chi connectivity index (χ3v) is 8.58. The van der Waals surface area contributed by atoms with Gasteiger partial charge in [0, 0.05) is 17.0 Å². The molecule has 39 heavy (non-hydrogen) atoms. The molecular weight excluding hydrogens is 482 g/mol. The second-order valence-corrected chi connectivity index (χ2v) is 11.4. The van der Waals surface area contributed by atoms with E-state index in [2.05, 4.69) is 45.0 Å². The number of aromatic nitrogens is 2. The molecule has 1 aliphatic carbocycles. The Kier molecular flexibility index (Phi) is 6.86. The highest BCUT2D eigenvalue weighted by molar-refractivity contribution is 5.88. The number of nitrogens with zero attached hydrogens (tertiary/aromatic N) is 3. The van der Waals surface area contributed by atoms with E-state index in [0.717, 1.165) is 41.0 Å². The molecule has 2 heterocycles. The number of anilines is 1. The number of carbonyl (C=O) groups excluding carboxylic acids is 1. The molecule has 0 saturated carbocycles. The van der Waals surface area contributed by atoms with Gasteiger partial charge in [0.1, 0.15) is 0 Å². The Morgan fingerprint density at radius 1 is 0.872 bits per heavy atom. The first-order valence-electron chi connectivity index (χ1n) is 14.2. The lowest BCUT2D eigenvalue weighted by Crippen LogP contribution is -2.33. The van der Waals surface area contributed by atoms with Gasteiger partial charge in [0.05, 0.1) is 35.1 Å². The molecule has 5 heteroatoms. The molecule has 0 unspecified atom stereocenters. The normalized spacial score (nSPS) is 24.6. The van der Waals surface area contributed by atoms with Crippen molar-refractivity contribution in [1.29, 1.82) is 0 Å². The number of hydrogen-bond donors (Lipinski definition) is 0. The summed E-state index contributed by atoms with van der Waals surface area (Å²) in [6.07, 6.45) is 1.88. The second kappa shape index (κ2) is 10.5. The number of fused-ring (bicyclic) bond motifs is 1. The molecule has 0 N–H and O–H groups in total. The monoisotopic (exact) mass is 519 g/mol. The zero-order valence-electron chi connectivity index (χ0n) is 23.2. The third-order valence-electron chi connectivity index (χ3n) is 8.58. The van der Waals surface area contributed by atoms with Crippen molar-refractivity contribution in [3.8, 4) is 11.3 Å². The Labute approximate surface area is 231 Å².